The van der Waals surface area contributed by atoms with Crippen LogP contribution in [0.4, 0.5) is 17.2 Å². The Kier molecular flexibility index (Phi) is 8.62. The molecule has 5 heteroatoms. The number of nitrogen functional groups attached to an aromatic ring is 1. The number of carbonyl (C=O) groups is 1. The smallest absolute Gasteiger partial charge is 0.221 e. The van der Waals surface area contributed by atoms with E-state index in [1.807, 2.05) is 58.0 Å². The van der Waals surface area contributed by atoms with Gasteiger partial charge in [0, 0.05) is 31.4 Å². The summed E-state index contributed by atoms with van der Waals surface area (Å²) in [6, 6.07) is 9.88. The fraction of sp³-hybridized carbons (Fsp3) is 0.429. The van der Waals surface area contributed by atoms with Crippen LogP contribution >= 0.6 is 0 Å². The number of nitrogens with one attached hydrogen (secondary N) is 1. The average Bonchev–Trinajstić information content (AvgIpc) is 2.60. The fourth-order valence-electron chi connectivity index (χ4n) is 2.71. The maximum atomic E-state index is 11.1. The van der Waals surface area contributed by atoms with Crippen LogP contribution in [0.1, 0.15) is 50.9 Å². The van der Waals surface area contributed by atoms with Crippen LogP contribution in [0.2, 0.25) is 0 Å². The zero-order chi connectivity index (χ0) is 19.7. The van der Waals surface area contributed by atoms with Gasteiger partial charge in [0.15, 0.2) is 5.82 Å². The summed E-state index contributed by atoms with van der Waals surface area (Å²) in [6.07, 6.45) is 1.01. The standard InChI is InChI=1S/C19H26N4O.C2H6/c1-5-10-23(19-18(20)13(2)11-14(3)21-19)12-16-6-8-17(9-7-16)22-15(4)24;1-2/h6-9,11H,5,10,12,20H2,1-4H3,(H,22,24);1-2H3. The molecule has 0 aliphatic carbocycles. The number of aromatic nitrogens is 1. The number of amides is 1. The first-order valence-electron chi connectivity index (χ1n) is 9.26. The molecule has 26 heavy (non-hydrogen) atoms. The molecular formula is C21H32N4O. The number of nitrogens with zero attached hydrogens (tertiary/aromatic N) is 2. The van der Waals surface area contributed by atoms with Crippen LogP contribution in [0.15, 0.2) is 30.3 Å². The normalized spacial score (nSPS) is 9.92. The van der Waals surface area contributed by atoms with Crippen molar-refractivity contribution in [2.24, 2.45) is 0 Å². The molecule has 0 fully saturated rings. The van der Waals surface area contributed by atoms with E-state index in [9.17, 15) is 4.79 Å². The van der Waals surface area contributed by atoms with Gasteiger partial charge in [-0.25, -0.2) is 4.98 Å². The van der Waals surface area contributed by atoms with Gasteiger partial charge >= 0.3 is 0 Å². The minimum Gasteiger partial charge on any atom is -0.396 e. The lowest BCUT2D eigenvalue weighted by atomic mass is 10.1. The molecule has 0 radical (unpaired) electrons. The van der Waals surface area contributed by atoms with E-state index in [0.717, 1.165) is 53.5 Å². The monoisotopic (exact) mass is 356 g/mol. The van der Waals surface area contributed by atoms with E-state index in [2.05, 4.69) is 22.1 Å². The number of hydrogen-bond acceptors (Lipinski definition) is 4. The van der Waals surface area contributed by atoms with Crippen LogP contribution in [0.25, 0.3) is 0 Å². The Balaban J connectivity index is 0.00000163. The van der Waals surface area contributed by atoms with Crippen LogP contribution in [0.5, 0.6) is 0 Å². The number of rotatable bonds is 6. The first-order chi connectivity index (χ1) is 12.4. The Labute approximate surface area is 157 Å². The van der Waals surface area contributed by atoms with Gasteiger partial charge in [-0.3, -0.25) is 4.79 Å². The minimum absolute atomic E-state index is 0.0671. The fourth-order valence-corrected chi connectivity index (χ4v) is 2.71. The third-order valence-corrected chi connectivity index (χ3v) is 3.81. The van der Waals surface area contributed by atoms with E-state index < -0.39 is 0 Å². The Morgan fingerprint density at radius 1 is 1.19 bits per heavy atom. The summed E-state index contributed by atoms with van der Waals surface area (Å²) in [5.41, 5.74) is 11.0. The molecular weight excluding hydrogens is 324 g/mol. The highest BCUT2D eigenvalue weighted by Crippen LogP contribution is 2.26. The third-order valence-electron chi connectivity index (χ3n) is 3.81. The Morgan fingerprint density at radius 3 is 2.35 bits per heavy atom. The number of aryl methyl sites for hydroxylation is 2. The van der Waals surface area contributed by atoms with Gasteiger partial charge in [-0.05, 0) is 49.6 Å². The van der Waals surface area contributed by atoms with Gasteiger partial charge in [0.05, 0.1) is 5.69 Å². The molecule has 0 unspecified atom stereocenters. The van der Waals surface area contributed by atoms with Crippen LogP contribution in [-0.2, 0) is 11.3 Å². The number of benzene rings is 1. The van der Waals surface area contributed by atoms with Gasteiger partial charge in [0.2, 0.25) is 5.91 Å². The second-order valence-corrected chi connectivity index (χ2v) is 6.12. The Morgan fingerprint density at radius 2 is 1.81 bits per heavy atom. The molecule has 0 bridgehead atoms. The molecule has 1 aromatic heterocycles. The molecule has 2 aromatic rings. The molecule has 0 aliphatic heterocycles. The lowest BCUT2D eigenvalue weighted by Gasteiger charge is -2.26. The molecule has 1 aromatic carbocycles. The first-order valence-corrected chi connectivity index (χ1v) is 9.26. The number of anilines is 3. The van der Waals surface area contributed by atoms with Gasteiger partial charge in [-0.2, -0.15) is 0 Å². The zero-order valence-electron chi connectivity index (χ0n) is 16.9. The molecule has 5 nitrogen and oxygen atoms in total. The van der Waals surface area contributed by atoms with Crippen LogP contribution in [-0.4, -0.2) is 17.4 Å². The summed E-state index contributed by atoms with van der Waals surface area (Å²) < 4.78 is 0. The first kappa shape index (κ1) is 21.5. The quantitative estimate of drug-likeness (QED) is 0.788. The van der Waals surface area contributed by atoms with E-state index in [1.165, 1.54) is 6.92 Å². The molecule has 0 aliphatic rings. The van der Waals surface area contributed by atoms with Crippen molar-refractivity contribution in [2.45, 2.75) is 54.5 Å². The van der Waals surface area contributed by atoms with Gasteiger partial charge < -0.3 is 16.0 Å². The number of carbonyl (C=O) groups excluding carboxylic acids is 1. The van der Waals surface area contributed by atoms with E-state index in [-0.39, 0.29) is 5.91 Å². The zero-order valence-corrected chi connectivity index (χ0v) is 16.9. The van der Waals surface area contributed by atoms with Crippen molar-refractivity contribution in [3.05, 3.63) is 47.2 Å². The SMILES string of the molecule is CC.CCCN(Cc1ccc(NC(C)=O)cc1)c1nc(C)cc(C)c1N. The molecule has 0 spiro atoms. The van der Waals surface area contributed by atoms with Crippen molar-refractivity contribution in [1.82, 2.24) is 4.98 Å². The molecule has 0 saturated heterocycles. The van der Waals surface area contributed by atoms with Crippen LogP contribution < -0.4 is 16.0 Å². The second kappa shape index (κ2) is 10.4. The van der Waals surface area contributed by atoms with Crippen molar-refractivity contribution >= 4 is 23.1 Å². The largest absolute Gasteiger partial charge is 0.396 e. The highest BCUT2D eigenvalue weighted by Gasteiger charge is 2.14. The molecule has 1 amide bonds. The second-order valence-electron chi connectivity index (χ2n) is 6.12. The van der Waals surface area contributed by atoms with Crippen molar-refractivity contribution in [1.29, 1.82) is 0 Å². The van der Waals surface area contributed by atoms with E-state index in [1.54, 1.807) is 0 Å². The Hall–Kier alpha value is -2.56. The molecule has 142 valence electrons. The summed E-state index contributed by atoms with van der Waals surface area (Å²) in [7, 11) is 0. The molecule has 1 heterocycles. The summed E-state index contributed by atoms with van der Waals surface area (Å²) in [6.45, 7) is 13.3. The molecule has 0 atom stereocenters. The lowest BCUT2D eigenvalue weighted by molar-refractivity contribution is -0.114. The maximum Gasteiger partial charge on any atom is 0.221 e. The molecule has 3 N–H and O–H groups in total. The van der Waals surface area contributed by atoms with Crippen molar-refractivity contribution in [3.8, 4) is 0 Å². The van der Waals surface area contributed by atoms with Crippen molar-refractivity contribution < 1.29 is 4.79 Å². The van der Waals surface area contributed by atoms with E-state index >= 15 is 0 Å². The van der Waals surface area contributed by atoms with Crippen LogP contribution in [0.3, 0.4) is 0 Å². The Bertz CT molecular complexity index is 711. The minimum atomic E-state index is -0.0671. The predicted molar refractivity (Wildman–Crippen MR) is 112 cm³/mol. The number of pyridine rings is 1. The van der Waals surface area contributed by atoms with E-state index in [0.29, 0.717) is 0 Å². The number of nitrogens with two attached hydrogens (primary N) is 1. The average molecular weight is 357 g/mol. The number of hydrogen-bond donors (Lipinski definition) is 2. The molecule has 0 saturated carbocycles. The highest BCUT2D eigenvalue weighted by molar-refractivity contribution is 5.88. The lowest BCUT2D eigenvalue weighted by Crippen LogP contribution is -2.26. The maximum absolute atomic E-state index is 11.1. The van der Waals surface area contributed by atoms with Crippen molar-refractivity contribution in [2.75, 3.05) is 22.5 Å². The van der Waals surface area contributed by atoms with Crippen molar-refractivity contribution in [3.63, 3.8) is 0 Å². The van der Waals surface area contributed by atoms with Gasteiger partial charge in [0.25, 0.3) is 0 Å². The van der Waals surface area contributed by atoms with Gasteiger partial charge in [-0.15, -0.1) is 0 Å². The van der Waals surface area contributed by atoms with Gasteiger partial charge in [0.1, 0.15) is 0 Å². The summed E-state index contributed by atoms with van der Waals surface area (Å²) in [5, 5.41) is 2.78. The third kappa shape index (κ3) is 6.06. The predicted octanol–water partition coefficient (Wildman–Crippen LogP) is 4.68. The summed E-state index contributed by atoms with van der Waals surface area (Å²) >= 11 is 0. The summed E-state index contributed by atoms with van der Waals surface area (Å²) in [4.78, 5) is 18.0. The molecule has 2 rings (SSSR count). The topological polar surface area (TPSA) is 71.2 Å². The van der Waals surface area contributed by atoms with Crippen LogP contribution in [0, 0.1) is 13.8 Å². The van der Waals surface area contributed by atoms with E-state index in [4.69, 9.17) is 5.73 Å². The van der Waals surface area contributed by atoms with Gasteiger partial charge in [-0.1, -0.05) is 32.9 Å². The summed E-state index contributed by atoms with van der Waals surface area (Å²) in [5.74, 6) is 0.780. The highest BCUT2D eigenvalue weighted by atomic mass is 16.1.